The molecule has 1 aliphatic heterocycles. The summed E-state index contributed by atoms with van der Waals surface area (Å²) in [5.74, 6) is 0.871. The molecule has 0 spiro atoms. The minimum absolute atomic E-state index is 0.0659. The molecule has 2 rings (SSSR count). The maximum absolute atomic E-state index is 12.6. The molecule has 104 valence electrons. The van der Waals surface area contributed by atoms with E-state index in [-0.39, 0.29) is 11.4 Å². The summed E-state index contributed by atoms with van der Waals surface area (Å²) in [7, 11) is 1.63. The first-order valence-corrected chi connectivity index (χ1v) is 6.68. The number of hydrogen-bond donors (Lipinski definition) is 1. The van der Waals surface area contributed by atoms with Crippen LogP contribution in [0.1, 0.15) is 35.7 Å². The van der Waals surface area contributed by atoms with E-state index >= 15 is 0 Å². The van der Waals surface area contributed by atoms with E-state index in [1.165, 1.54) is 0 Å². The number of likely N-dealkylation sites (tertiary alicyclic amines) is 1. The molecule has 1 atom stereocenters. The summed E-state index contributed by atoms with van der Waals surface area (Å²) in [6.07, 6.45) is 2.00. The van der Waals surface area contributed by atoms with Crippen molar-refractivity contribution in [2.75, 3.05) is 20.2 Å². The third kappa shape index (κ3) is 2.45. The third-order valence-electron chi connectivity index (χ3n) is 4.08. The van der Waals surface area contributed by atoms with Gasteiger partial charge in [0.25, 0.3) is 5.91 Å². The van der Waals surface area contributed by atoms with Crippen LogP contribution >= 0.6 is 0 Å². The lowest BCUT2D eigenvalue weighted by molar-refractivity contribution is 0.0636. The van der Waals surface area contributed by atoms with Crippen LogP contribution in [0.15, 0.2) is 18.2 Å². The number of nitrogens with two attached hydrogens (primary N) is 1. The topological polar surface area (TPSA) is 55.6 Å². The second-order valence-electron chi connectivity index (χ2n) is 5.45. The predicted molar refractivity (Wildman–Crippen MR) is 75.5 cm³/mol. The molecule has 19 heavy (non-hydrogen) atoms. The second-order valence-corrected chi connectivity index (χ2v) is 5.45. The zero-order chi connectivity index (χ0) is 14.0. The number of hydrogen-bond acceptors (Lipinski definition) is 3. The summed E-state index contributed by atoms with van der Waals surface area (Å²) in [6, 6.07) is 5.55. The van der Waals surface area contributed by atoms with Gasteiger partial charge in [-0.15, -0.1) is 0 Å². The van der Waals surface area contributed by atoms with Crippen LogP contribution in [0.4, 0.5) is 0 Å². The molecule has 1 aromatic carbocycles. The predicted octanol–water partition coefficient (Wildman–Crippen LogP) is 1.96. The van der Waals surface area contributed by atoms with Gasteiger partial charge in [-0.05, 0) is 50.5 Å². The maximum Gasteiger partial charge on any atom is 0.254 e. The molecule has 0 aromatic heterocycles. The standard InChI is InChI=1S/C15H22N2O2/c1-11-9-12(5-6-13(11)19-3)14(18)17-8-4-7-15(17,2)10-16/h5-6,9H,4,7-8,10,16H2,1-3H3. The van der Waals surface area contributed by atoms with Crippen LogP contribution in [0, 0.1) is 6.92 Å². The number of rotatable bonds is 3. The van der Waals surface area contributed by atoms with Gasteiger partial charge in [-0.1, -0.05) is 0 Å². The fraction of sp³-hybridized carbons (Fsp3) is 0.533. The molecule has 4 nitrogen and oxygen atoms in total. The van der Waals surface area contributed by atoms with Gasteiger partial charge in [0, 0.05) is 18.7 Å². The number of amides is 1. The van der Waals surface area contributed by atoms with E-state index < -0.39 is 0 Å². The van der Waals surface area contributed by atoms with Crippen LogP contribution in [0.5, 0.6) is 5.75 Å². The molecular weight excluding hydrogens is 240 g/mol. The van der Waals surface area contributed by atoms with Gasteiger partial charge in [-0.2, -0.15) is 0 Å². The summed E-state index contributed by atoms with van der Waals surface area (Å²) in [4.78, 5) is 14.5. The summed E-state index contributed by atoms with van der Waals surface area (Å²) in [5, 5.41) is 0. The summed E-state index contributed by atoms with van der Waals surface area (Å²) in [5.41, 5.74) is 7.31. The van der Waals surface area contributed by atoms with Crippen molar-refractivity contribution in [3.63, 3.8) is 0 Å². The van der Waals surface area contributed by atoms with Crippen LogP contribution in [-0.4, -0.2) is 36.5 Å². The maximum atomic E-state index is 12.6. The Labute approximate surface area is 114 Å². The van der Waals surface area contributed by atoms with Crippen molar-refractivity contribution >= 4 is 5.91 Å². The van der Waals surface area contributed by atoms with Crippen LogP contribution < -0.4 is 10.5 Å². The summed E-state index contributed by atoms with van der Waals surface area (Å²) in [6.45, 7) is 5.31. The number of carbonyl (C=O) groups excluding carboxylic acids is 1. The highest BCUT2D eigenvalue weighted by molar-refractivity contribution is 5.95. The zero-order valence-electron chi connectivity index (χ0n) is 11.9. The molecule has 4 heteroatoms. The molecule has 1 fully saturated rings. The van der Waals surface area contributed by atoms with E-state index in [2.05, 4.69) is 6.92 Å². The largest absolute Gasteiger partial charge is 0.496 e. The molecule has 0 saturated carbocycles. The third-order valence-corrected chi connectivity index (χ3v) is 4.08. The van der Waals surface area contributed by atoms with Crippen molar-refractivity contribution in [1.29, 1.82) is 0 Å². The smallest absolute Gasteiger partial charge is 0.254 e. The van der Waals surface area contributed by atoms with Crippen LogP contribution in [0.25, 0.3) is 0 Å². The van der Waals surface area contributed by atoms with Crippen molar-refractivity contribution < 1.29 is 9.53 Å². The van der Waals surface area contributed by atoms with E-state index in [4.69, 9.17) is 10.5 Å². The number of benzene rings is 1. The Morgan fingerprint density at radius 1 is 1.53 bits per heavy atom. The minimum atomic E-state index is -0.203. The Hall–Kier alpha value is -1.55. The molecule has 0 aliphatic carbocycles. The lowest BCUT2D eigenvalue weighted by Gasteiger charge is -2.34. The van der Waals surface area contributed by atoms with Gasteiger partial charge in [-0.25, -0.2) is 0 Å². The highest BCUT2D eigenvalue weighted by atomic mass is 16.5. The Bertz CT molecular complexity index is 487. The average Bonchev–Trinajstić information content (AvgIpc) is 2.80. The summed E-state index contributed by atoms with van der Waals surface area (Å²) >= 11 is 0. The normalized spacial score (nSPS) is 22.6. The van der Waals surface area contributed by atoms with Crippen LogP contribution in [-0.2, 0) is 0 Å². The molecule has 1 amide bonds. The lowest BCUT2D eigenvalue weighted by atomic mass is 9.98. The molecule has 1 aliphatic rings. The molecule has 2 N–H and O–H groups in total. The molecular formula is C15H22N2O2. The second kappa shape index (κ2) is 5.21. The number of aryl methyl sites for hydroxylation is 1. The van der Waals surface area contributed by atoms with Crippen LogP contribution in [0.3, 0.4) is 0 Å². The fourth-order valence-corrected chi connectivity index (χ4v) is 2.75. The Kier molecular flexibility index (Phi) is 3.80. The van der Waals surface area contributed by atoms with Gasteiger partial charge in [-0.3, -0.25) is 4.79 Å². The highest BCUT2D eigenvalue weighted by Gasteiger charge is 2.38. The van der Waals surface area contributed by atoms with Gasteiger partial charge in [0.15, 0.2) is 0 Å². The van der Waals surface area contributed by atoms with Crippen LogP contribution in [0.2, 0.25) is 0 Å². The number of methoxy groups -OCH3 is 1. The first kappa shape index (κ1) is 13.9. The fourth-order valence-electron chi connectivity index (χ4n) is 2.75. The van der Waals surface area contributed by atoms with Gasteiger partial charge < -0.3 is 15.4 Å². The van der Waals surface area contributed by atoms with E-state index in [9.17, 15) is 4.79 Å². The number of ether oxygens (including phenoxy) is 1. The van der Waals surface area contributed by atoms with Gasteiger partial charge in [0.2, 0.25) is 0 Å². The van der Waals surface area contributed by atoms with Gasteiger partial charge in [0.1, 0.15) is 5.75 Å². The van der Waals surface area contributed by atoms with E-state index in [0.717, 1.165) is 30.7 Å². The number of carbonyl (C=O) groups is 1. The van der Waals surface area contributed by atoms with E-state index in [1.807, 2.05) is 30.0 Å². The minimum Gasteiger partial charge on any atom is -0.496 e. The van der Waals surface area contributed by atoms with Gasteiger partial charge in [0.05, 0.1) is 12.6 Å². The van der Waals surface area contributed by atoms with E-state index in [0.29, 0.717) is 12.1 Å². The SMILES string of the molecule is COc1ccc(C(=O)N2CCCC2(C)CN)cc1C. The molecule has 1 aromatic rings. The van der Waals surface area contributed by atoms with Crippen molar-refractivity contribution in [1.82, 2.24) is 4.90 Å². The van der Waals surface area contributed by atoms with Crippen molar-refractivity contribution in [3.05, 3.63) is 29.3 Å². The van der Waals surface area contributed by atoms with Crippen molar-refractivity contribution in [3.8, 4) is 5.75 Å². The van der Waals surface area contributed by atoms with Crippen molar-refractivity contribution in [2.45, 2.75) is 32.2 Å². The Balaban J connectivity index is 2.27. The van der Waals surface area contributed by atoms with Gasteiger partial charge >= 0.3 is 0 Å². The first-order valence-electron chi connectivity index (χ1n) is 6.68. The molecule has 0 bridgehead atoms. The highest BCUT2D eigenvalue weighted by Crippen LogP contribution is 2.30. The molecule has 0 radical (unpaired) electrons. The molecule has 1 saturated heterocycles. The zero-order valence-corrected chi connectivity index (χ0v) is 11.9. The molecule has 1 heterocycles. The number of nitrogens with zero attached hydrogens (tertiary/aromatic N) is 1. The molecule has 1 unspecified atom stereocenters. The quantitative estimate of drug-likeness (QED) is 0.906. The average molecular weight is 262 g/mol. The first-order chi connectivity index (χ1) is 9.01. The summed E-state index contributed by atoms with van der Waals surface area (Å²) < 4.78 is 5.22. The monoisotopic (exact) mass is 262 g/mol. The van der Waals surface area contributed by atoms with Crippen molar-refractivity contribution in [2.24, 2.45) is 5.73 Å². The Morgan fingerprint density at radius 2 is 2.26 bits per heavy atom. The van der Waals surface area contributed by atoms with E-state index in [1.54, 1.807) is 7.11 Å². The lowest BCUT2D eigenvalue weighted by Crippen LogP contribution is -2.50. The Morgan fingerprint density at radius 3 is 2.84 bits per heavy atom.